The fourth-order valence-electron chi connectivity index (χ4n) is 18.8. The molecule has 0 N–H and O–H groups in total. The van der Waals surface area contributed by atoms with Crippen LogP contribution in [0.4, 0.5) is 0 Å². The molecular formula is C115H95N10O5+5. The molecule has 25 aromatic rings. The summed E-state index contributed by atoms with van der Waals surface area (Å²) in [7, 11) is 9.60. The van der Waals surface area contributed by atoms with E-state index in [-0.39, 0.29) is 5.56 Å². The molecular weight excluding hydrogens is 1600 g/mol. The molecule has 10 aromatic heterocycles. The molecule has 0 saturated carbocycles. The number of fused-ring (bicyclic) bond motifs is 25. The number of hydrogen-bond donors (Lipinski definition) is 0. The average molecular weight is 1710 g/mol. The van der Waals surface area contributed by atoms with Crippen molar-refractivity contribution in [3.8, 4) is 56.7 Å². The van der Waals surface area contributed by atoms with Crippen LogP contribution in [0.3, 0.4) is 0 Å². The van der Waals surface area contributed by atoms with E-state index in [9.17, 15) is 0 Å². The molecule has 0 amide bonds. The summed E-state index contributed by atoms with van der Waals surface area (Å²) in [5.74, 6) is 2.27. The van der Waals surface area contributed by atoms with E-state index in [0.29, 0.717) is 67.2 Å². The van der Waals surface area contributed by atoms with E-state index in [1.54, 1.807) is 59.9 Å². The Labute approximate surface area is 767 Å². The van der Waals surface area contributed by atoms with Crippen molar-refractivity contribution in [2.75, 3.05) is 0 Å². The topological polar surface area (TPSA) is 150 Å². The van der Waals surface area contributed by atoms with Crippen LogP contribution in [0, 0.1) is 68.9 Å². The number of benzene rings is 15. The van der Waals surface area contributed by atoms with E-state index in [1.165, 1.54) is 22.4 Å². The molecule has 25 rings (SSSR count). The van der Waals surface area contributed by atoms with Gasteiger partial charge in [0.25, 0.3) is 0 Å². The van der Waals surface area contributed by atoms with Crippen LogP contribution in [0.2, 0.25) is 0 Å². The molecule has 0 atom stereocenters. The van der Waals surface area contributed by atoms with Gasteiger partial charge in [0.15, 0.2) is 34.8 Å². The Balaban J connectivity index is 0.000000105. The summed E-state index contributed by atoms with van der Waals surface area (Å²) in [6.45, 7) is 2.81. The molecule has 0 bridgehead atoms. The van der Waals surface area contributed by atoms with E-state index < -0.39 is 27.4 Å². The molecule has 0 aliphatic carbocycles. The molecule has 630 valence electrons. The van der Waals surface area contributed by atoms with Crippen molar-refractivity contribution < 1.29 is 61.4 Å². The first-order valence-electron chi connectivity index (χ1n) is 49.0. The van der Waals surface area contributed by atoms with Crippen LogP contribution in [-0.2, 0) is 35.2 Å². The molecule has 0 saturated heterocycles. The molecule has 15 aromatic carbocycles. The molecule has 0 spiro atoms. The van der Waals surface area contributed by atoms with E-state index in [1.807, 2.05) is 242 Å². The first-order valence-corrected chi connectivity index (χ1v) is 43.0. The number of nitrogens with zero attached hydrogens (tertiary/aromatic N) is 10. The third-order valence-electron chi connectivity index (χ3n) is 25.3. The van der Waals surface area contributed by atoms with Gasteiger partial charge in [-0.15, -0.1) is 0 Å². The maximum Gasteiger partial charge on any atom is 0.334 e. The minimum absolute atomic E-state index is 0.212. The smallest absolute Gasteiger partial charge is 0.334 e. The molecule has 15 heteroatoms. The lowest BCUT2D eigenvalue weighted by molar-refractivity contribution is -0.663. The van der Waals surface area contributed by atoms with Crippen LogP contribution in [0.15, 0.2) is 327 Å². The number of aryl methyl sites for hydroxylation is 13. The van der Waals surface area contributed by atoms with Crippen LogP contribution >= 0.6 is 0 Å². The number of hydrogen-bond acceptors (Lipinski definition) is 10. The van der Waals surface area contributed by atoms with Gasteiger partial charge in [0, 0.05) is 94.9 Å². The highest BCUT2D eigenvalue weighted by Crippen LogP contribution is 2.47. The fourth-order valence-corrected chi connectivity index (χ4v) is 18.8. The predicted molar refractivity (Wildman–Crippen MR) is 526 cm³/mol. The average Bonchev–Trinajstić information content (AvgIpc) is 1.56. The molecule has 0 fully saturated rings. The van der Waals surface area contributed by atoms with Gasteiger partial charge in [-0.05, 0) is 218 Å². The van der Waals surface area contributed by atoms with Gasteiger partial charge in [-0.2, -0.15) is 9.13 Å². The second-order valence-electron chi connectivity index (χ2n) is 33.5. The standard InChI is InChI=1S/5C23H19N2O/c1-14-13-18-21-17-8-5-4-7-16(17)9-10-19(21)26-22(18)20(15(14)2)23-24-11-6-12-25(23)3;1-14-12-24-23(25(3)13-14)20-15(2)8-10-18-21-17-7-5-4-6-16(17)9-11-19(21)26-22(18)20;1-14-8-10-18-21-17-7-5-4-6-16(17)9-11-19(21)26-22(18)20(14)23-24-15(2)12-13-25(23)3;1-14-12-18-22-17-7-5-4-6-16(17)8-9-20(22)26-23(18)21(15(14)2)19-13-24-10-11-25(19)3;1-14-12-15(2)21-22-17-7-5-4-6-16(17)8-9-19(22)26-23(21)20(14)18-13-24-10-11-25(18)3/h5*4-13H,1-3H3/q5*+1/i2*1D3;;1D3;2D3. The zero-order valence-corrected chi connectivity index (χ0v) is 73.4. The van der Waals surface area contributed by atoms with Crippen molar-refractivity contribution in [1.29, 1.82) is 0 Å². The Bertz CT molecular complexity index is 9280. The van der Waals surface area contributed by atoms with Gasteiger partial charge in [0.1, 0.15) is 82.3 Å². The van der Waals surface area contributed by atoms with E-state index in [2.05, 4.69) is 116 Å². The largest absolute Gasteiger partial charge is 0.455 e. The summed E-state index contributed by atoms with van der Waals surface area (Å²) in [5, 5.41) is 20.5. The van der Waals surface area contributed by atoms with Crippen molar-refractivity contribution in [2.45, 2.75) is 68.9 Å². The Kier molecular flexibility index (Phi) is 17.0. The van der Waals surface area contributed by atoms with Crippen molar-refractivity contribution >= 4 is 164 Å². The Hall–Kier alpha value is -16.0. The minimum atomic E-state index is -2.26. The summed E-state index contributed by atoms with van der Waals surface area (Å²) in [6, 6.07) is 78.7. The van der Waals surface area contributed by atoms with Crippen LogP contribution in [-0.4, -0.2) is 24.9 Å². The number of aromatic nitrogens is 10. The lowest BCUT2D eigenvalue weighted by atomic mass is 9.95. The summed E-state index contributed by atoms with van der Waals surface area (Å²) in [5.41, 5.74) is 20.0. The van der Waals surface area contributed by atoms with Crippen molar-refractivity contribution in [3.05, 3.63) is 361 Å². The second kappa shape index (κ2) is 32.5. The zero-order chi connectivity index (χ0) is 99.2. The quantitative estimate of drug-likeness (QED) is 0.152. The first-order chi connectivity index (χ1) is 68.1. The van der Waals surface area contributed by atoms with Crippen molar-refractivity contribution in [3.63, 3.8) is 0 Å². The van der Waals surface area contributed by atoms with Gasteiger partial charge in [-0.1, -0.05) is 182 Å². The summed E-state index contributed by atoms with van der Waals surface area (Å²) in [6.07, 6.45) is 19.4. The molecule has 10 heterocycles. The molecule has 0 radical (unpaired) electrons. The van der Waals surface area contributed by atoms with Gasteiger partial charge in [-0.3, -0.25) is 9.97 Å². The SMILES string of the molecule is Cc1cc[n+](C)c(-c2c(C)ccc3c2oc2ccc4ccccc4c23)n1.[2H]C([2H])([2H])c1cc(C)c(-c2cncc[n+]2C)c2oc3ccc4ccccc4c3c12.[2H]C([2H])([2H])c1cc2c(oc3ccc4ccccc4c32)c(-c2cncc[n+]2C)c1C.[2H]C([2H])([2H])c1cc2c(oc3ccc4ccccc4c32)c(-c2nccc[n+]2C)c1C.[2H]C([2H])([2H])c1cnc(-c2c(C)ccc3c2oc2ccc4ccccc4c23)[n+](C)c1. The lowest BCUT2D eigenvalue weighted by Crippen LogP contribution is -2.32. The fraction of sp³-hybridized carbons (Fsp3) is 0.130. The summed E-state index contributed by atoms with van der Waals surface area (Å²) < 4.78 is 137. The Morgan fingerprint density at radius 2 is 0.677 bits per heavy atom. The number of rotatable bonds is 5. The van der Waals surface area contributed by atoms with Gasteiger partial charge in [0.2, 0.25) is 11.4 Å². The third kappa shape index (κ3) is 13.7. The molecule has 0 aliphatic rings. The van der Waals surface area contributed by atoms with Crippen molar-refractivity contribution in [2.24, 2.45) is 35.2 Å². The predicted octanol–water partition coefficient (Wildman–Crippen LogP) is 26.2. The summed E-state index contributed by atoms with van der Waals surface area (Å²) in [4.78, 5) is 22.4. The first kappa shape index (κ1) is 68.3. The van der Waals surface area contributed by atoms with Crippen LogP contribution in [0.5, 0.6) is 0 Å². The van der Waals surface area contributed by atoms with Crippen LogP contribution < -0.4 is 22.8 Å². The van der Waals surface area contributed by atoms with E-state index in [4.69, 9.17) is 43.5 Å². The Morgan fingerprint density at radius 3 is 1.14 bits per heavy atom. The maximum absolute atomic E-state index is 8.17. The van der Waals surface area contributed by atoms with Gasteiger partial charge in [0.05, 0.1) is 75.6 Å². The highest BCUT2D eigenvalue weighted by atomic mass is 16.3. The molecule has 15 nitrogen and oxygen atoms in total. The van der Waals surface area contributed by atoms with E-state index in [0.717, 1.165) is 187 Å². The normalized spacial score (nSPS) is 13.4. The van der Waals surface area contributed by atoms with Gasteiger partial charge >= 0.3 is 17.5 Å². The van der Waals surface area contributed by atoms with Gasteiger partial charge < -0.3 is 22.1 Å². The number of furan rings is 5. The molecule has 0 aliphatic heterocycles. The third-order valence-corrected chi connectivity index (χ3v) is 25.3. The van der Waals surface area contributed by atoms with E-state index >= 15 is 0 Å². The van der Waals surface area contributed by atoms with Gasteiger partial charge in [-0.25, -0.2) is 13.7 Å². The highest BCUT2D eigenvalue weighted by Gasteiger charge is 2.31. The second-order valence-corrected chi connectivity index (χ2v) is 33.5. The highest BCUT2D eigenvalue weighted by molar-refractivity contribution is 6.26. The lowest BCUT2D eigenvalue weighted by Gasteiger charge is -2.08. The molecule has 130 heavy (non-hydrogen) atoms. The minimum Gasteiger partial charge on any atom is -0.455 e. The maximum atomic E-state index is 8.17. The molecule has 0 unspecified atom stereocenters. The monoisotopic (exact) mass is 1710 g/mol. The van der Waals surface area contributed by atoms with Crippen molar-refractivity contribution in [1.82, 2.24) is 24.9 Å². The zero-order valence-electron chi connectivity index (χ0n) is 85.4. The summed E-state index contributed by atoms with van der Waals surface area (Å²) >= 11 is 0. The Morgan fingerprint density at radius 1 is 0.269 bits per heavy atom. The van der Waals surface area contributed by atoms with Crippen LogP contribution in [0.25, 0.3) is 220 Å². The van der Waals surface area contributed by atoms with Crippen LogP contribution in [0.1, 0.15) is 72.2 Å².